The first-order chi connectivity index (χ1) is 9.20. The zero-order valence-electron chi connectivity index (χ0n) is 11.5. The van der Waals surface area contributed by atoms with Crippen LogP contribution in [0.15, 0.2) is 10.7 Å². The van der Waals surface area contributed by atoms with Crippen LogP contribution >= 0.6 is 15.9 Å². The second kappa shape index (κ2) is 7.05. The van der Waals surface area contributed by atoms with Gasteiger partial charge in [0.15, 0.2) is 0 Å². The fourth-order valence-electron chi connectivity index (χ4n) is 1.71. The summed E-state index contributed by atoms with van der Waals surface area (Å²) in [6, 6.07) is 0. The quantitative estimate of drug-likeness (QED) is 0.743. The van der Waals surface area contributed by atoms with Crippen LogP contribution < -0.4 is 10.2 Å². The molecule has 1 aliphatic carbocycles. The molecule has 5 nitrogen and oxygen atoms in total. The van der Waals surface area contributed by atoms with E-state index in [2.05, 4.69) is 36.1 Å². The van der Waals surface area contributed by atoms with Gasteiger partial charge in [-0.2, -0.15) is 4.98 Å². The van der Waals surface area contributed by atoms with Gasteiger partial charge in [0.2, 0.25) is 5.95 Å². The lowest BCUT2D eigenvalue weighted by molar-refractivity contribution is 0.130. The van der Waals surface area contributed by atoms with Gasteiger partial charge in [-0.3, -0.25) is 0 Å². The minimum absolute atomic E-state index is 0.659. The number of hydrogen-bond donors (Lipinski definition) is 1. The fraction of sp³-hybridized carbons (Fsp3) is 0.692. The van der Waals surface area contributed by atoms with Gasteiger partial charge in [-0.15, -0.1) is 0 Å². The maximum absolute atomic E-state index is 5.65. The third-order valence-electron chi connectivity index (χ3n) is 3.04. The first-order valence-corrected chi connectivity index (χ1v) is 7.55. The minimum Gasteiger partial charge on any atom is -0.379 e. The number of hydrogen-bond acceptors (Lipinski definition) is 5. The second-order valence-electron chi connectivity index (χ2n) is 4.84. The van der Waals surface area contributed by atoms with Crippen molar-refractivity contribution < 1.29 is 4.74 Å². The fourth-order valence-corrected chi connectivity index (χ4v) is 2.20. The molecule has 0 unspecified atom stereocenters. The van der Waals surface area contributed by atoms with Crippen LogP contribution in [0, 0.1) is 5.92 Å². The van der Waals surface area contributed by atoms with Crippen LogP contribution in [0.4, 0.5) is 11.8 Å². The molecule has 0 aromatic carbocycles. The van der Waals surface area contributed by atoms with Crippen molar-refractivity contribution in [2.75, 3.05) is 43.6 Å². The largest absolute Gasteiger partial charge is 0.379 e. The summed E-state index contributed by atoms with van der Waals surface area (Å²) in [6.45, 7) is 5.31. The van der Waals surface area contributed by atoms with Crippen molar-refractivity contribution in [2.24, 2.45) is 5.92 Å². The van der Waals surface area contributed by atoms with Crippen molar-refractivity contribution >= 4 is 27.7 Å². The van der Waals surface area contributed by atoms with E-state index in [1.165, 1.54) is 12.8 Å². The van der Waals surface area contributed by atoms with Crippen molar-refractivity contribution in [3.63, 3.8) is 0 Å². The van der Waals surface area contributed by atoms with Crippen LogP contribution in [0.2, 0.25) is 0 Å². The van der Waals surface area contributed by atoms with Gasteiger partial charge in [0.05, 0.1) is 11.1 Å². The van der Waals surface area contributed by atoms with E-state index in [4.69, 9.17) is 4.74 Å². The van der Waals surface area contributed by atoms with E-state index in [0.717, 1.165) is 42.5 Å². The Bertz CT molecular complexity index is 412. The third-order valence-corrected chi connectivity index (χ3v) is 3.60. The predicted molar refractivity (Wildman–Crippen MR) is 80.7 cm³/mol. The van der Waals surface area contributed by atoms with E-state index < -0.39 is 0 Å². The monoisotopic (exact) mass is 328 g/mol. The summed E-state index contributed by atoms with van der Waals surface area (Å²) < 4.78 is 6.55. The van der Waals surface area contributed by atoms with E-state index in [1.54, 1.807) is 6.20 Å². The molecule has 1 aliphatic rings. The molecular formula is C13H21BrN4O. The molecule has 1 aromatic heterocycles. The molecule has 0 radical (unpaired) electrons. The molecule has 1 N–H and O–H groups in total. The van der Waals surface area contributed by atoms with E-state index in [-0.39, 0.29) is 0 Å². The van der Waals surface area contributed by atoms with Crippen molar-refractivity contribution in [3.05, 3.63) is 10.7 Å². The van der Waals surface area contributed by atoms with Crippen LogP contribution in [0.5, 0.6) is 0 Å². The number of anilines is 2. The molecule has 0 atom stereocenters. The first kappa shape index (κ1) is 14.5. The van der Waals surface area contributed by atoms with Gasteiger partial charge < -0.3 is 15.0 Å². The Kier molecular flexibility index (Phi) is 5.39. The lowest BCUT2D eigenvalue weighted by atomic mass is 10.4. The maximum Gasteiger partial charge on any atom is 0.224 e. The Morgan fingerprint density at radius 1 is 1.53 bits per heavy atom. The third kappa shape index (κ3) is 4.62. The Morgan fingerprint density at radius 2 is 2.32 bits per heavy atom. The van der Waals surface area contributed by atoms with E-state index in [0.29, 0.717) is 5.95 Å². The van der Waals surface area contributed by atoms with Crippen LogP contribution in [-0.4, -0.2) is 43.3 Å². The van der Waals surface area contributed by atoms with Gasteiger partial charge in [0.25, 0.3) is 0 Å². The highest BCUT2D eigenvalue weighted by atomic mass is 79.9. The second-order valence-corrected chi connectivity index (χ2v) is 5.69. The summed E-state index contributed by atoms with van der Waals surface area (Å²) in [6.07, 6.45) is 4.45. The SMILES string of the molecule is CCNc1ncc(Br)c(N(C)CCOCC2CC2)n1. The number of likely N-dealkylation sites (N-methyl/N-ethyl adjacent to an activating group) is 1. The number of ether oxygens (including phenoxy) is 1. The molecule has 0 spiro atoms. The van der Waals surface area contributed by atoms with Crippen LogP contribution in [0.1, 0.15) is 19.8 Å². The highest BCUT2D eigenvalue weighted by Gasteiger charge is 2.21. The molecule has 0 saturated heterocycles. The van der Waals surface area contributed by atoms with Crippen LogP contribution in [-0.2, 0) is 4.74 Å². The summed E-state index contributed by atoms with van der Waals surface area (Å²) >= 11 is 3.49. The van der Waals surface area contributed by atoms with Gasteiger partial charge in [0.1, 0.15) is 5.82 Å². The van der Waals surface area contributed by atoms with Gasteiger partial charge in [0, 0.05) is 32.9 Å². The highest BCUT2D eigenvalue weighted by Crippen LogP contribution is 2.28. The lowest BCUT2D eigenvalue weighted by Crippen LogP contribution is -2.24. The first-order valence-electron chi connectivity index (χ1n) is 6.76. The van der Waals surface area contributed by atoms with E-state index in [1.807, 2.05) is 14.0 Å². The topological polar surface area (TPSA) is 50.3 Å². The standard InChI is InChI=1S/C13H21BrN4O/c1-3-15-13-16-8-11(14)12(17-13)18(2)6-7-19-9-10-4-5-10/h8,10H,3-7,9H2,1-2H3,(H,15,16,17). The molecule has 0 bridgehead atoms. The smallest absolute Gasteiger partial charge is 0.224 e. The number of rotatable bonds is 8. The molecule has 0 amide bonds. The summed E-state index contributed by atoms with van der Waals surface area (Å²) in [7, 11) is 2.02. The van der Waals surface area contributed by atoms with Gasteiger partial charge in [-0.25, -0.2) is 4.98 Å². The number of nitrogens with zero attached hydrogens (tertiary/aromatic N) is 3. The van der Waals surface area contributed by atoms with Crippen LogP contribution in [0.3, 0.4) is 0 Å². The molecule has 1 heterocycles. The van der Waals surface area contributed by atoms with E-state index in [9.17, 15) is 0 Å². The molecule has 0 aliphatic heterocycles. The van der Waals surface area contributed by atoms with Crippen molar-refractivity contribution in [1.29, 1.82) is 0 Å². The van der Waals surface area contributed by atoms with Gasteiger partial charge in [-0.1, -0.05) is 0 Å². The zero-order chi connectivity index (χ0) is 13.7. The molecule has 19 heavy (non-hydrogen) atoms. The highest BCUT2D eigenvalue weighted by molar-refractivity contribution is 9.10. The summed E-state index contributed by atoms with van der Waals surface area (Å²) in [4.78, 5) is 10.8. The predicted octanol–water partition coefficient (Wildman–Crippen LogP) is 2.53. The Morgan fingerprint density at radius 3 is 3.00 bits per heavy atom. The average molecular weight is 329 g/mol. The molecule has 1 saturated carbocycles. The minimum atomic E-state index is 0.659. The normalized spacial score (nSPS) is 14.5. The number of aromatic nitrogens is 2. The summed E-state index contributed by atoms with van der Waals surface area (Å²) in [5.41, 5.74) is 0. The molecule has 106 valence electrons. The molecule has 1 aromatic rings. The molecular weight excluding hydrogens is 308 g/mol. The average Bonchev–Trinajstić information content (AvgIpc) is 3.21. The Labute approximate surface area is 122 Å². The molecule has 2 rings (SSSR count). The van der Waals surface area contributed by atoms with Crippen molar-refractivity contribution in [2.45, 2.75) is 19.8 Å². The summed E-state index contributed by atoms with van der Waals surface area (Å²) in [5.74, 6) is 2.36. The Balaban J connectivity index is 1.84. The van der Waals surface area contributed by atoms with Crippen LogP contribution in [0.25, 0.3) is 0 Å². The molecule has 6 heteroatoms. The maximum atomic E-state index is 5.65. The van der Waals surface area contributed by atoms with Gasteiger partial charge >= 0.3 is 0 Å². The Hall–Kier alpha value is -0.880. The molecule has 1 fully saturated rings. The van der Waals surface area contributed by atoms with E-state index >= 15 is 0 Å². The number of halogens is 1. The number of nitrogens with one attached hydrogen (secondary N) is 1. The zero-order valence-corrected chi connectivity index (χ0v) is 13.1. The summed E-state index contributed by atoms with van der Waals surface area (Å²) in [5, 5.41) is 3.12. The van der Waals surface area contributed by atoms with Gasteiger partial charge in [-0.05, 0) is 41.6 Å². The van der Waals surface area contributed by atoms with Crippen molar-refractivity contribution in [3.8, 4) is 0 Å². The lowest BCUT2D eigenvalue weighted by Gasteiger charge is -2.19. The van der Waals surface area contributed by atoms with Crippen molar-refractivity contribution in [1.82, 2.24) is 9.97 Å².